The summed E-state index contributed by atoms with van der Waals surface area (Å²) in [7, 11) is -1.75. The number of imidazole rings is 1. The second kappa shape index (κ2) is 5.14. The van der Waals surface area contributed by atoms with Gasteiger partial charge in [-0.15, -0.1) is 0 Å². The van der Waals surface area contributed by atoms with Gasteiger partial charge >= 0.3 is 0 Å². The fraction of sp³-hybridized carbons (Fsp3) is 0.455. The molecule has 0 saturated carbocycles. The van der Waals surface area contributed by atoms with E-state index in [1.807, 2.05) is 20.9 Å². The third-order valence-corrected chi connectivity index (χ3v) is 4.33. The van der Waals surface area contributed by atoms with Gasteiger partial charge in [-0.2, -0.15) is 5.10 Å². The number of aryl methyl sites for hydroxylation is 2. The molecule has 2 rings (SSSR count). The van der Waals surface area contributed by atoms with Crippen molar-refractivity contribution in [1.82, 2.24) is 24.5 Å². The average Bonchev–Trinajstić information content (AvgIpc) is 2.97. The minimum Gasteiger partial charge on any atom is -0.332 e. The van der Waals surface area contributed by atoms with Gasteiger partial charge in [0.05, 0.1) is 12.4 Å². The highest BCUT2D eigenvalue weighted by Gasteiger charge is 2.17. The summed E-state index contributed by atoms with van der Waals surface area (Å²) in [6, 6.07) is 0. The summed E-state index contributed by atoms with van der Waals surface area (Å²) in [6.45, 7) is 4.01. The number of nitrogens with zero attached hydrogens (tertiary/aromatic N) is 3. The molecule has 0 aliphatic rings. The molecule has 0 radical (unpaired) electrons. The van der Waals surface area contributed by atoms with Crippen LogP contribution in [0.3, 0.4) is 0 Å². The van der Waals surface area contributed by atoms with Crippen LogP contribution in [0.1, 0.15) is 24.0 Å². The predicted molar refractivity (Wildman–Crippen MR) is 69.9 cm³/mol. The molecule has 0 aliphatic carbocycles. The fourth-order valence-electron chi connectivity index (χ4n) is 1.63. The Hall–Kier alpha value is -1.67. The van der Waals surface area contributed by atoms with Crippen LogP contribution in [-0.4, -0.2) is 28.2 Å². The van der Waals surface area contributed by atoms with Crippen molar-refractivity contribution in [3.8, 4) is 0 Å². The molecule has 0 bridgehead atoms. The largest absolute Gasteiger partial charge is 0.332 e. The van der Waals surface area contributed by atoms with Crippen LogP contribution in [0.5, 0.6) is 0 Å². The lowest BCUT2D eigenvalue weighted by atomic mass is 10.3. The molecule has 0 aromatic carbocycles. The van der Waals surface area contributed by atoms with Gasteiger partial charge in [-0.25, -0.2) is 18.1 Å². The van der Waals surface area contributed by atoms with Gasteiger partial charge in [0.2, 0.25) is 0 Å². The molecule has 8 heteroatoms. The van der Waals surface area contributed by atoms with Crippen molar-refractivity contribution < 1.29 is 8.42 Å². The Morgan fingerprint density at radius 3 is 2.68 bits per heavy atom. The van der Waals surface area contributed by atoms with Crippen LogP contribution in [-0.2, 0) is 30.0 Å². The first-order valence-corrected chi connectivity index (χ1v) is 7.43. The maximum atomic E-state index is 12.0. The molecule has 0 unspecified atom stereocenters. The van der Waals surface area contributed by atoms with Crippen molar-refractivity contribution in [2.45, 2.75) is 31.8 Å². The van der Waals surface area contributed by atoms with E-state index < -0.39 is 10.0 Å². The summed E-state index contributed by atoms with van der Waals surface area (Å²) in [5, 5.41) is 4.16. The van der Waals surface area contributed by atoms with E-state index in [0.717, 1.165) is 11.3 Å². The van der Waals surface area contributed by atoms with Crippen LogP contribution in [0, 0.1) is 6.92 Å². The molecule has 2 aromatic rings. The highest BCUT2D eigenvalue weighted by molar-refractivity contribution is 7.89. The Kier molecular flexibility index (Phi) is 3.72. The Morgan fingerprint density at radius 2 is 2.16 bits per heavy atom. The molecule has 19 heavy (non-hydrogen) atoms. The van der Waals surface area contributed by atoms with Crippen LogP contribution >= 0.6 is 0 Å². The number of aromatic nitrogens is 4. The quantitative estimate of drug-likeness (QED) is 0.835. The average molecular weight is 283 g/mol. The molecule has 2 N–H and O–H groups in total. The first kappa shape index (κ1) is 13.8. The molecule has 0 atom stereocenters. The second-order valence-electron chi connectivity index (χ2n) is 4.25. The van der Waals surface area contributed by atoms with Gasteiger partial charge in [-0.3, -0.25) is 4.68 Å². The number of hydrogen-bond acceptors (Lipinski definition) is 4. The van der Waals surface area contributed by atoms with Gasteiger partial charge in [0.25, 0.3) is 10.0 Å². The summed E-state index contributed by atoms with van der Waals surface area (Å²) in [5.41, 5.74) is 1.78. The summed E-state index contributed by atoms with van der Waals surface area (Å²) in [6.07, 6.45) is 3.65. The Balaban J connectivity index is 2.11. The Labute approximate surface area is 112 Å². The highest BCUT2D eigenvalue weighted by atomic mass is 32.2. The zero-order valence-electron chi connectivity index (χ0n) is 11.1. The molecule has 104 valence electrons. The summed E-state index contributed by atoms with van der Waals surface area (Å²) < 4.78 is 28.3. The number of hydrogen-bond donors (Lipinski definition) is 2. The van der Waals surface area contributed by atoms with Crippen molar-refractivity contribution in [3.63, 3.8) is 0 Å². The molecule has 0 saturated heterocycles. The smallest absolute Gasteiger partial charge is 0.257 e. The van der Waals surface area contributed by atoms with E-state index in [4.69, 9.17) is 0 Å². The Bertz CT molecular complexity index is 671. The zero-order valence-corrected chi connectivity index (χ0v) is 12.0. The molecule has 7 nitrogen and oxygen atoms in total. The highest BCUT2D eigenvalue weighted by Crippen LogP contribution is 2.09. The van der Waals surface area contributed by atoms with Crippen LogP contribution in [0.4, 0.5) is 0 Å². The van der Waals surface area contributed by atoms with Crippen molar-refractivity contribution in [2.24, 2.45) is 7.05 Å². The van der Waals surface area contributed by atoms with Crippen LogP contribution in [0.25, 0.3) is 0 Å². The van der Waals surface area contributed by atoms with E-state index in [1.54, 1.807) is 10.9 Å². The zero-order chi connectivity index (χ0) is 14.0. The van der Waals surface area contributed by atoms with Crippen molar-refractivity contribution in [1.29, 1.82) is 0 Å². The van der Waals surface area contributed by atoms with Crippen LogP contribution < -0.4 is 4.72 Å². The predicted octanol–water partition coefficient (Wildman–Crippen LogP) is 0.493. The molecule has 0 fully saturated rings. The van der Waals surface area contributed by atoms with Crippen molar-refractivity contribution >= 4 is 10.0 Å². The number of H-pyrrole nitrogens is 1. The van der Waals surface area contributed by atoms with Crippen LogP contribution in [0.2, 0.25) is 0 Å². The number of aromatic amines is 1. The van der Waals surface area contributed by atoms with Gasteiger partial charge in [0, 0.05) is 31.3 Å². The van der Waals surface area contributed by atoms with Gasteiger partial charge in [0.1, 0.15) is 5.82 Å². The second-order valence-corrected chi connectivity index (χ2v) is 5.99. The minimum absolute atomic E-state index is 0.0888. The van der Waals surface area contributed by atoms with Gasteiger partial charge in [-0.05, 0) is 6.92 Å². The van der Waals surface area contributed by atoms with E-state index in [9.17, 15) is 8.42 Å². The van der Waals surface area contributed by atoms with E-state index >= 15 is 0 Å². The molecule has 0 amide bonds. The van der Waals surface area contributed by atoms with Crippen molar-refractivity contribution in [3.05, 3.63) is 29.5 Å². The molecule has 0 aliphatic heterocycles. The maximum absolute atomic E-state index is 12.0. The van der Waals surface area contributed by atoms with E-state index in [0.29, 0.717) is 12.2 Å². The third-order valence-electron chi connectivity index (χ3n) is 3.02. The first-order chi connectivity index (χ1) is 8.94. The molecular weight excluding hydrogens is 266 g/mol. The number of sulfonamides is 1. The molecule has 0 spiro atoms. The van der Waals surface area contributed by atoms with E-state index in [2.05, 4.69) is 19.8 Å². The van der Waals surface area contributed by atoms with Gasteiger partial charge < -0.3 is 4.98 Å². The minimum atomic E-state index is -3.56. The van der Waals surface area contributed by atoms with Crippen molar-refractivity contribution in [2.75, 3.05) is 0 Å². The lowest BCUT2D eigenvalue weighted by molar-refractivity contribution is 0.577. The first-order valence-electron chi connectivity index (χ1n) is 5.95. The molecule has 2 aromatic heterocycles. The molecular formula is C11H17N5O2S. The normalized spacial score (nSPS) is 11.9. The Morgan fingerprint density at radius 1 is 1.42 bits per heavy atom. The number of nitrogens with one attached hydrogen (secondary N) is 2. The third kappa shape index (κ3) is 2.85. The van der Waals surface area contributed by atoms with E-state index in [1.165, 1.54) is 6.20 Å². The monoisotopic (exact) mass is 283 g/mol. The number of rotatable bonds is 5. The summed E-state index contributed by atoms with van der Waals surface area (Å²) in [4.78, 5) is 6.76. The SMILES string of the molecule is CCc1ncc(S(=O)(=O)NCc2cnn(C)c2C)[nH]1. The standard InChI is InChI=1S/C11H17N5O2S/c1-4-10-12-7-11(15-10)19(17,18)14-6-9-5-13-16(3)8(9)2/h5,7,14H,4,6H2,1-3H3,(H,12,15). The lowest BCUT2D eigenvalue weighted by Crippen LogP contribution is -2.23. The van der Waals surface area contributed by atoms with E-state index in [-0.39, 0.29) is 11.6 Å². The summed E-state index contributed by atoms with van der Waals surface area (Å²) >= 11 is 0. The molecule has 2 heterocycles. The van der Waals surface area contributed by atoms with Gasteiger partial charge in [-0.1, -0.05) is 6.92 Å². The van der Waals surface area contributed by atoms with Gasteiger partial charge in [0.15, 0.2) is 5.03 Å². The summed E-state index contributed by atoms with van der Waals surface area (Å²) in [5.74, 6) is 0.651. The van der Waals surface area contributed by atoms with Crippen LogP contribution in [0.15, 0.2) is 17.4 Å². The lowest BCUT2D eigenvalue weighted by Gasteiger charge is -2.04. The maximum Gasteiger partial charge on any atom is 0.257 e. The topological polar surface area (TPSA) is 92.7 Å². The fourth-order valence-corrected chi connectivity index (χ4v) is 2.57.